The molecule has 0 aromatic carbocycles. The number of rotatable bonds is 4. The SMILES string of the molecule is COC[C@H]1CNCc2ncc(N(C)C3=CC=C3)nc2O1. The molecule has 106 valence electrons. The molecule has 0 saturated heterocycles. The van der Waals surface area contributed by atoms with Crippen LogP contribution in [0.2, 0.25) is 0 Å². The number of hydrogen-bond donors (Lipinski definition) is 1. The first-order chi connectivity index (χ1) is 9.78. The molecular weight excluding hydrogens is 256 g/mol. The molecule has 0 unspecified atom stereocenters. The Labute approximate surface area is 118 Å². The molecule has 0 saturated carbocycles. The molecule has 2 heterocycles. The number of methoxy groups -OCH3 is 1. The minimum Gasteiger partial charge on any atom is -0.469 e. The van der Waals surface area contributed by atoms with Crippen molar-refractivity contribution in [1.82, 2.24) is 15.3 Å². The molecule has 0 radical (unpaired) electrons. The molecule has 6 heteroatoms. The first-order valence-electron chi connectivity index (χ1n) is 6.62. The summed E-state index contributed by atoms with van der Waals surface area (Å²) in [6.07, 6.45) is 7.79. The fourth-order valence-electron chi connectivity index (χ4n) is 2.13. The molecule has 20 heavy (non-hydrogen) atoms. The van der Waals surface area contributed by atoms with E-state index >= 15 is 0 Å². The van der Waals surface area contributed by atoms with Gasteiger partial charge in [0.05, 0.1) is 12.8 Å². The minimum absolute atomic E-state index is 0.0427. The highest BCUT2D eigenvalue weighted by Crippen LogP contribution is 2.24. The number of hydrogen-bond acceptors (Lipinski definition) is 6. The number of nitrogens with zero attached hydrogens (tertiary/aromatic N) is 3. The first kappa shape index (κ1) is 13.1. The zero-order valence-electron chi connectivity index (χ0n) is 11.7. The van der Waals surface area contributed by atoms with E-state index in [1.54, 1.807) is 13.3 Å². The molecule has 1 N–H and O–H groups in total. The lowest BCUT2D eigenvalue weighted by Crippen LogP contribution is -2.32. The number of ether oxygens (including phenoxy) is 2. The molecule has 3 rings (SSSR count). The number of anilines is 1. The van der Waals surface area contributed by atoms with Crippen molar-refractivity contribution < 1.29 is 9.47 Å². The molecule has 1 aliphatic heterocycles. The van der Waals surface area contributed by atoms with Gasteiger partial charge >= 0.3 is 0 Å². The van der Waals surface area contributed by atoms with Gasteiger partial charge in [0, 0.05) is 32.9 Å². The highest BCUT2D eigenvalue weighted by atomic mass is 16.5. The minimum atomic E-state index is -0.0427. The van der Waals surface area contributed by atoms with Crippen molar-refractivity contribution in [3.8, 4) is 5.88 Å². The van der Waals surface area contributed by atoms with Gasteiger partial charge in [0.2, 0.25) is 5.88 Å². The standard InChI is InChI=1S/C14H18N4O2/c1-18(10-4-3-5-10)13-8-16-12-7-15-6-11(9-19-2)20-14(12)17-13/h3-5,8,11,15H,6-7,9H2,1-2H3/t11-/m1/s1. The summed E-state index contributed by atoms with van der Waals surface area (Å²) in [6, 6.07) is 0. The number of allylic oxidation sites excluding steroid dienone is 3. The Morgan fingerprint density at radius 2 is 2.40 bits per heavy atom. The van der Waals surface area contributed by atoms with E-state index in [1.165, 1.54) is 0 Å². The molecular formula is C14H18N4O2. The largest absolute Gasteiger partial charge is 0.469 e. The van der Waals surface area contributed by atoms with E-state index < -0.39 is 0 Å². The van der Waals surface area contributed by atoms with E-state index in [4.69, 9.17) is 9.47 Å². The molecule has 2 aliphatic rings. The molecule has 0 amide bonds. The van der Waals surface area contributed by atoms with Gasteiger partial charge in [-0.25, -0.2) is 0 Å². The summed E-state index contributed by atoms with van der Waals surface area (Å²) < 4.78 is 11.0. The smallest absolute Gasteiger partial charge is 0.239 e. The first-order valence-corrected chi connectivity index (χ1v) is 6.62. The van der Waals surface area contributed by atoms with Crippen molar-refractivity contribution >= 4 is 5.82 Å². The predicted molar refractivity (Wildman–Crippen MR) is 75.7 cm³/mol. The summed E-state index contributed by atoms with van der Waals surface area (Å²) in [5, 5.41) is 3.29. The van der Waals surface area contributed by atoms with Crippen LogP contribution in [-0.4, -0.2) is 43.4 Å². The molecule has 1 aliphatic carbocycles. The van der Waals surface area contributed by atoms with Crippen molar-refractivity contribution in [1.29, 1.82) is 0 Å². The van der Waals surface area contributed by atoms with Crippen LogP contribution >= 0.6 is 0 Å². The molecule has 0 spiro atoms. The van der Waals surface area contributed by atoms with Crippen LogP contribution in [-0.2, 0) is 11.3 Å². The van der Waals surface area contributed by atoms with Crippen LogP contribution in [0.15, 0.2) is 30.1 Å². The maximum Gasteiger partial charge on any atom is 0.239 e. The fraction of sp³-hybridized carbons (Fsp3) is 0.429. The number of aromatic nitrogens is 2. The Morgan fingerprint density at radius 1 is 1.55 bits per heavy atom. The van der Waals surface area contributed by atoms with Crippen LogP contribution < -0.4 is 15.0 Å². The second-order valence-electron chi connectivity index (χ2n) is 4.82. The third-order valence-corrected chi connectivity index (χ3v) is 3.36. The molecule has 1 aromatic heterocycles. The van der Waals surface area contributed by atoms with Crippen molar-refractivity contribution in [2.24, 2.45) is 0 Å². The van der Waals surface area contributed by atoms with Crippen LogP contribution in [0.3, 0.4) is 0 Å². The van der Waals surface area contributed by atoms with Crippen LogP contribution in [0.1, 0.15) is 5.69 Å². The lowest BCUT2D eigenvalue weighted by Gasteiger charge is -2.23. The van der Waals surface area contributed by atoms with Crippen LogP contribution in [0.25, 0.3) is 0 Å². The summed E-state index contributed by atoms with van der Waals surface area (Å²) in [6.45, 7) is 1.92. The maximum atomic E-state index is 5.89. The summed E-state index contributed by atoms with van der Waals surface area (Å²) >= 11 is 0. The van der Waals surface area contributed by atoms with Gasteiger partial charge in [-0.1, -0.05) is 6.08 Å². The van der Waals surface area contributed by atoms with Crippen molar-refractivity contribution in [3.05, 3.63) is 35.8 Å². The zero-order chi connectivity index (χ0) is 13.9. The lowest BCUT2D eigenvalue weighted by atomic mass is 10.2. The zero-order valence-corrected chi connectivity index (χ0v) is 11.7. The summed E-state index contributed by atoms with van der Waals surface area (Å²) in [5.41, 5.74) is 1.94. The molecule has 6 nitrogen and oxygen atoms in total. The summed E-state index contributed by atoms with van der Waals surface area (Å²) in [4.78, 5) is 11.0. The Balaban J connectivity index is 1.83. The highest BCUT2D eigenvalue weighted by Gasteiger charge is 2.21. The van der Waals surface area contributed by atoms with Crippen molar-refractivity contribution in [3.63, 3.8) is 0 Å². The number of nitrogens with one attached hydrogen (secondary N) is 1. The summed E-state index contributed by atoms with van der Waals surface area (Å²) in [5.74, 6) is 1.36. The van der Waals surface area contributed by atoms with Crippen LogP contribution in [0.5, 0.6) is 5.88 Å². The topological polar surface area (TPSA) is 59.5 Å². The van der Waals surface area contributed by atoms with Gasteiger partial charge in [-0.05, 0) is 12.2 Å². The van der Waals surface area contributed by atoms with Crippen molar-refractivity contribution in [2.45, 2.75) is 12.6 Å². The van der Waals surface area contributed by atoms with Gasteiger partial charge < -0.3 is 19.7 Å². The highest BCUT2D eigenvalue weighted by molar-refractivity contribution is 5.53. The lowest BCUT2D eigenvalue weighted by molar-refractivity contribution is 0.0810. The van der Waals surface area contributed by atoms with Gasteiger partial charge in [-0.15, -0.1) is 0 Å². The van der Waals surface area contributed by atoms with Gasteiger partial charge in [0.25, 0.3) is 0 Å². The Hall–Kier alpha value is -1.92. The third kappa shape index (κ3) is 2.52. The van der Waals surface area contributed by atoms with E-state index in [2.05, 4.69) is 15.3 Å². The van der Waals surface area contributed by atoms with E-state index in [1.807, 2.05) is 30.2 Å². The molecule has 1 aromatic rings. The van der Waals surface area contributed by atoms with Crippen LogP contribution in [0, 0.1) is 0 Å². The van der Waals surface area contributed by atoms with Gasteiger partial charge in [0.15, 0.2) is 5.82 Å². The van der Waals surface area contributed by atoms with E-state index in [9.17, 15) is 0 Å². The number of likely N-dealkylation sites (N-methyl/N-ethyl adjacent to an activating group) is 1. The van der Waals surface area contributed by atoms with Gasteiger partial charge in [-0.2, -0.15) is 4.98 Å². The summed E-state index contributed by atoms with van der Waals surface area (Å²) in [7, 11) is 3.63. The number of fused-ring (bicyclic) bond motifs is 1. The Bertz CT molecular complexity index is 556. The van der Waals surface area contributed by atoms with Gasteiger partial charge in [0.1, 0.15) is 11.8 Å². The second-order valence-corrected chi connectivity index (χ2v) is 4.82. The molecule has 0 fully saturated rings. The second kappa shape index (κ2) is 5.60. The third-order valence-electron chi connectivity index (χ3n) is 3.36. The normalized spacial score (nSPS) is 20.3. The average Bonchev–Trinajstić information content (AvgIpc) is 2.57. The molecule has 1 atom stereocenters. The van der Waals surface area contributed by atoms with Gasteiger partial charge in [-0.3, -0.25) is 4.98 Å². The monoisotopic (exact) mass is 274 g/mol. The average molecular weight is 274 g/mol. The van der Waals surface area contributed by atoms with E-state index in [0.29, 0.717) is 19.0 Å². The van der Waals surface area contributed by atoms with E-state index in [-0.39, 0.29) is 6.10 Å². The fourth-order valence-corrected chi connectivity index (χ4v) is 2.13. The van der Waals surface area contributed by atoms with Crippen molar-refractivity contribution in [2.75, 3.05) is 32.2 Å². The maximum absolute atomic E-state index is 5.89. The predicted octanol–water partition coefficient (Wildman–Crippen LogP) is 0.863. The molecule has 0 bridgehead atoms. The van der Waals surface area contributed by atoms with Crippen LogP contribution in [0.4, 0.5) is 5.82 Å². The quantitative estimate of drug-likeness (QED) is 0.879. The Kier molecular flexibility index (Phi) is 3.66. The van der Waals surface area contributed by atoms with E-state index in [0.717, 1.165) is 23.8 Å². The Morgan fingerprint density at radius 3 is 3.10 bits per heavy atom.